The number of benzene rings is 5. The van der Waals surface area contributed by atoms with Gasteiger partial charge in [-0.05, 0) is 111 Å². The van der Waals surface area contributed by atoms with E-state index in [0.29, 0.717) is 17.8 Å². The molecule has 6 N–H and O–H groups in total. The van der Waals surface area contributed by atoms with Crippen LogP contribution in [0.25, 0.3) is 22.1 Å². The average molecular weight is 848 g/mol. The number of H-pyrrole nitrogens is 2. The number of fused-ring (bicyclic) bond motifs is 2. The highest BCUT2D eigenvalue weighted by Gasteiger charge is 2.26. The Labute approximate surface area is 362 Å². The summed E-state index contributed by atoms with van der Waals surface area (Å²) < 4.78 is 3.70. The molecule has 9 rings (SSSR count). The van der Waals surface area contributed by atoms with E-state index < -0.39 is 5.91 Å². The molecule has 16 heteroatoms. The Morgan fingerprint density at radius 1 is 0.540 bits per heavy atom. The summed E-state index contributed by atoms with van der Waals surface area (Å²) in [6.45, 7) is 3.62. The molecule has 322 valence electrons. The molecule has 7 aromatic rings. The number of rotatable bonds is 11. The van der Waals surface area contributed by atoms with Gasteiger partial charge < -0.3 is 26.3 Å². The molecule has 0 aliphatic carbocycles. The molecule has 2 aromatic heterocycles. The molecular weight excluding hydrogens is 799 g/mol. The summed E-state index contributed by atoms with van der Waals surface area (Å²) in [4.78, 5) is 70.9. The van der Waals surface area contributed by atoms with Gasteiger partial charge >= 0.3 is 11.4 Å². The number of hydrogen-bond acceptors (Lipinski definition) is 9. The smallest absolute Gasteiger partial charge is 0.326 e. The Morgan fingerprint density at radius 2 is 0.937 bits per heavy atom. The SMILES string of the molecule is NC(=O)c1ccc(NC(=O)CN2CCC(n3c(=O)[nH]c4ccccc43)CC2)cc1.O=C(CN1CCC(n2c(=O)[nH]c3ccccc32)CC1)Nc1ccc(N=Nc2ccccc2)cc1. The van der Waals surface area contributed by atoms with E-state index in [4.69, 9.17) is 5.73 Å². The maximum Gasteiger partial charge on any atom is 0.326 e. The number of nitrogens with two attached hydrogens (primary N) is 1. The molecule has 2 aliphatic rings. The van der Waals surface area contributed by atoms with Gasteiger partial charge in [-0.15, -0.1) is 0 Å². The first-order valence-corrected chi connectivity index (χ1v) is 21.1. The fourth-order valence-corrected chi connectivity index (χ4v) is 8.29. The predicted octanol–water partition coefficient (Wildman–Crippen LogP) is 6.72. The molecule has 2 aliphatic heterocycles. The summed E-state index contributed by atoms with van der Waals surface area (Å²) in [5, 5.41) is 14.2. The van der Waals surface area contributed by atoms with Crippen LogP contribution in [0.3, 0.4) is 0 Å². The highest BCUT2D eigenvalue weighted by molar-refractivity contribution is 5.95. The van der Waals surface area contributed by atoms with Gasteiger partial charge in [-0.1, -0.05) is 42.5 Å². The Bertz CT molecular complexity index is 2830. The molecule has 0 bridgehead atoms. The van der Waals surface area contributed by atoms with Crippen molar-refractivity contribution in [1.82, 2.24) is 28.9 Å². The normalized spacial score (nSPS) is 15.3. The van der Waals surface area contributed by atoms with Crippen LogP contribution in [0.5, 0.6) is 0 Å². The Hall–Kier alpha value is -7.43. The van der Waals surface area contributed by atoms with Crippen molar-refractivity contribution in [1.29, 1.82) is 0 Å². The third-order valence-electron chi connectivity index (χ3n) is 11.5. The van der Waals surface area contributed by atoms with Crippen molar-refractivity contribution in [2.45, 2.75) is 37.8 Å². The average Bonchev–Trinajstić information content (AvgIpc) is 3.82. The lowest BCUT2D eigenvalue weighted by molar-refractivity contribution is -0.118. The minimum atomic E-state index is -0.500. The summed E-state index contributed by atoms with van der Waals surface area (Å²) in [6, 6.07) is 39.1. The lowest BCUT2D eigenvalue weighted by Gasteiger charge is -2.32. The molecule has 63 heavy (non-hydrogen) atoms. The lowest BCUT2D eigenvalue weighted by Crippen LogP contribution is -2.41. The van der Waals surface area contributed by atoms with Gasteiger partial charge in [0.05, 0.1) is 46.5 Å². The van der Waals surface area contributed by atoms with Crippen molar-refractivity contribution in [3.8, 4) is 0 Å². The number of para-hydroxylation sites is 4. The highest BCUT2D eigenvalue weighted by Crippen LogP contribution is 2.27. The molecule has 0 unspecified atom stereocenters. The minimum Gasteiger partial charge on any atom is -0.366 e. The third kappa shape index (κ3) is 10.5. The van der Waals surface area contributed by atoms with Crippen molar-refractivity contribution in [2.75, 3.05) is 49.9 Å². The van der Waals surface area contributed by atoms with Crippen LogP contribution in [0.2, 0.25) is 0 Å². The number of nitrogens with zero attached hydrogens (tertiary/aromatic N) is 6. The number of aromatic nitrogens is 4. The largest absolute Gasteiger partial charge is 0.366 e. The molecule has 2 fully saturated rings. The molecule has 5 aromatic carbocycles. The maximum absolute atomic E-state index is 12.6. The Balaban J connectivity index is 0.000000175. The highest BCUT2D eigenvalue weighted by atomic mass is 16.2. The van der Waals surface area contributed by atoms with E-state index in [1.807, 2.05) is 112 Å². The van der Waals surface area contributed by atoms with Gasteiger partial charge in [-0.3, -0.25) is 33.3 Å². The first-order chi connectivity index (χ1) is 30.7. The van der Waals surface area contributed by atoms with Gasteiger partial charge in [-0.25, -0.2) is 9.59 Å². The van der Waals surface area contributed by atoms with Gasteiger partial charge in [-0.2, -0.15) is 10.2 Å². The first kappa shape index (κ1) is 42.3. The number of likely N-dealkylation sites (tertiary alicyclic amines) is 2. The molecule has 16 nitrogen and oxygen atoms in total. The van der Waals surface area contributed by atoms with E-state index >= 15 is 0 Å². The number of primary amides is 1. The number of azo groups is 1. The topological polar surface area (TPSA) is 208 Å². The molecule has 0 atom stereocenters. The summed E-state index contributed by atoms with van der Waals surface area (Å²) in [5.41, 5.74) is 11.9. The second kappa shape index (κ2) is 19.5. The van der Waals surface area contributed by atoms with E-state index in [0.717, 1.165) is 91.0 Å². The van der Waals surface area contributed by atoms with E-state index in [2.05, 4.69) is 40.6 Å². The van der Waals surface area contributed by atoms with Crippen LogP contribution in [-0.2, 0) is 9.59 Å². The van der Waals surface area contributed by atoms with Crippen LogP contribution >= 0.6 is 0 Å². The number of piperidine rings is 2. The quantitative estimate of drug-likeness (QED) is 0.0887. The molecule has 4 heterocycles. The second-order valence-corrected chi connectivity index (χ2v) is 15.8. The lowest BCUT2D eigenvalue weighted by atomic mass is 10.0. The fourth-order valence-electron chi connectivity index (χ4n) is 8.29. The van der Waals surface area contributed by atoms with Gasteiger partial charge in [0, 0.05) is 55.2 Å². The van der Waals surface area contributed by atoms with E-state index in [-0.39, 0.29) is 41.8 Å². The van der Waals surface area contributed by atoms with E-state index in [9.17, 15) is 24.0 Å². The monoisotopic (exact) mass is 847 g/mol. The summed E-state index contributed by atoms with van der Waals surface area (Å²) >= 11 is 0. The molecule has 0 spiro atoms. The summed E-state index contributed by atoms with van der Waals surface area (Å²) in [5.74, 6) is -0.666. The summed E-state index contributed by atoms with van der Waals surface area (Å²) in [6.07, 6.45) is 3.27. The summed E-state index contributed by atoms with van der Waals surface area (Å²) in [7, 11) is 0. The fraction of sp³-hybridized carbons (Fsp3) is 0.255. The predicted molar refractivity (Wildman–Crippen MR) is 244 cm³/mol. The number of carbonyl (C=O) groups is 3. The van der Waals surface area contributed by atoms with E-state index in [1.165, 1.54) is 0 Å². The van der Waals surface area contributed by atoms with Crippen molar-refractivity contribution in [2.24, 2.45) is 16.0 Å². The standard InChI is InChI=1S/C26H26N6O2.C21H23N5O3/c33-25(27-19-10-12-21(13-11-19)30-29-20-6-2-1-3-7-20)18-31-16-14-22(15-17-31)32-24-9-5-4-8-23(24)28-26(32)34;22-20(28)14-5-7-15(8-6-14)23-19(27)13-25-11-9-16(10-12-25)26-18-4-2-1-3-17(18)24-21(26)29/h1-13,22H,14-18H2,(H,27,33)(H,28,34);1-8,16H,9-13H2,(H2,22,28)(H,23,27)(H,24,29). The van der Waals surface area contributed by atoms with Crippen LogP contribution in [0.1, 0.15) is 48.1 Å². The van der Waals surface area contributed by atoms with Crippen molar-refractivity contribution in [3.63, 3.8) is 0 Å². The Morgan fingerprint density at radius 3 is 1.38 bits per heavy atom. The van der Waals surface area contributed by atoms with Crippen LogP contribution < -0.4 is 27.7 Å². The molecule has 0 radical (unpaired) electrons. The number of anilines is 2. The third-order valence-corrected chi connectivity index (χ3v) is 11.5. The van der Waals surface area contributed by atoms with E-state index in [1.54, 1.807) is 24.3 Å². The zero-order valence-electron chi connectivity index (χ0n) is 34.7. The Kier molecular flexibility index (Phi) is 13.1. The molecule has 0 saturated carbocycles. The van der Waals surface area contributed by atoms with Crippen LogP contribution in [0.15, 0.2) is 147 Å². The molecule has 2 saturated heterocycles. The van der Waals surface area contributed by atoms with Crippen LogP contribution in [0, 0.1) is 0 Å². The minimum absolute atomic E-state index is 0.0543. The zero-order chi connectivity index (χ0) is 43.7. The first-order valence-electron chi connectivity index (χ1n) is 21.1. The van der Waals surface area contributed by atoms with Gasteiger partial charge in [0.15, 0.2) is 0 Å². The van der Waals surface area contributed by atoms with Gasteiger partial charge in [0.2, 0.25) is 17.7 Å². The van der Waals surface area contributed by atoms with Crippen LogP contribution in [0.4, 0.5) is 22.7 Å². The number of carbonyl (C=O) groups excluding carboxylic acids is 3. The molecular formula is C47H49N11O5. The number of nitrogens with one attached hydrogen (secondary N) is 4. The van der Waals surface area contributed by atoms with Crippen molar-refractivity contribution in [3.05, 3.63) is 154 Å². The van der Waals surface area contributed by atoms with Gasteiger partial charge in [0.1, 0.15) is 0 Å². The van der Waals surface area contributed by atoms with Crippen LogP contribution in [-0.4, -0.2) is 85.9 Å². The van der Waals surface area contributed by atoms with Gasteiger partial charge in [0.25, 0.3) is 0 Å². The number of amides is 3. The zero-order valence-corrected chi connectivity index (χ0v) is 34.7. The second-order valence-electron chi connectivity index (χ2n) is 15.8. The number of hydrogen-bond donors (Lipinski definition) is 5. The number of imidazole rings is 2. The van der Waals surface area contributed by atoms with Crippen molar-refractivity contribution < 1.29 is 14.4 Å². The molecule has 3 amide bonds. The van der Waals surface area contributed by atoms with Crippen molar-refractivity contribution >= 4 is 62.5 Å². The number of aromatic amines is 2. The maximum atomic E-state index is 12.6.